The van der Waals surface area contributed by atoms with Gasteiger partial charge in [-0.25, -0.2) is 4.39 Å². The van der Waals surface area contributed by atoms with E-state index < -0.39 is 0 Å². The Morgan fingerprint density at radius 1 is 1.10 bits per heavy atom. The summed E-state index contributed by atoms with van der Waals surface area (Å²) in [7, 11) is 1.47. The van der Waals surface area contributed by atoms with Crippen LogP contribution < -0.4 is 4.74 Å². The maximum absolute atomic E-state index is 13.9. The molecule has 0 atom stereocenters. The molecule has 1 aliphatic carbocycles. The SMILES string of the molecule is COc1ccc(CN2CCN(CC(=O)c3cc(C)n(C4CC4)c3C)CC2)cc1F. The van der Waals surface area contributed by atoms with Crippen LogP contribution in [0.25, 0.3) is 0 Å². The fraction of sp³-hybridized carbons (Fsp3) is 0.522. The van der Waals surface area contributed by atoms with Crippen LogP contribution in [0.1, 0.15) is 46.2 Å². The quantitative estimate of drug-likeness (QED) is 0.667. The molecule has 4 rings (SSSR count). The van der Waals surface area contributed by atoms with Gasteiger partial charge in [0, 0.05) is 55.7 Å². The summed E-state index contributed by atoms with van der Waals surface area (Å²) < 4.78 is 21.2. The van der Waals surface area contributed by atoms with Gasteiger partial charge in [0.1, 0.15) is 0 Å². The Morgan fingerprint density at radius 2 is 1.79 bits per heavy atom. The lowest BCUT2D eigenvalue weighted by Crippen LogP contribution is -2.47. The number of nitrogens with zero attached hydrogens (tertiary/aromatic N) is 3. The first-order valence-electron chi connectivity index (χ1n) is 10.4. The van der Waals surface area contributed by atoms with Crippen LogP contribution in [0.4, 0.5) is 4.39 Å². The molecule has 2 aliphatic rings. The minimum Gasteiger partial charge on any atom is -0.494 e. The number of hydrogen-bond donors (Lipinski definition) is 0. The number of rotatable bonds is 7. The molecule has 156 valence electrons. The van der Waals surface area contributed by atoms with Gasteiger partial charge in [-0.05, 0) is 50.5 Å². The molecule has 0 N–H and O–H groups in total. The summed E-state index contributed by atoms with van der Waals surface area (Å²) in [4.78, 5) is 17.4. The molecule has 1 aromatic heterocycles. The summed E-state index contributed by atoms with van der Waals surface area (Å²) in [5, 5.41) is 0. The predicted octanol–water partition coefficient (Wildman–Crippen LogP) is 3.59. The van der Waals surface area contributed by atoms with Crippen molar-refractivity contribution >= 4 is 5.78 Å². The Balaban J connectivity index is 1.30. The lowest BCUT2D eigenvalue weighted by atomic mass is 10.1. The van der Waals surface area contributed by atoms with Crippen molar-refractivity contribution in [1.82, 2.24) is 14.4 Å². The standard InChI is InChI=1S/C23H30FN3O2/c1-16-12-20(17(2)27(16)19-5-6-19)22(28)15-26-10-8-25(9-11-26)14-18-4-7-23(29-3)21(24)13-18/h4,7,12-13,19H,5-6,8-11,14-15H2,1-3H3. The van der Waals surface area contributed by atoms with Gasteiger partial charge in [-0.15, -0.1) is 0 Å². The van der Waals surface area contributed by atoms with Crippen LogP contribution in [0.15, 0.2) is 24.3 Å². The molecule has 1 aromatic carbocycles. The zero-order chi connectivity index (χ0) is 20.5. The van der Waals surface area contributed by atoms with E-state index in [1.807, 2.05) is 6.07 Å². The monoisotopic (exact) mass is 399 g/mol. The van der Waals surface area contributed by atoms with E-state index in [0.29, 0.717) is 19.1 Å². The second-order valence-electron chi connectivity index (χ2n) is 8.33. The number of piperazine rings is 1. The van der Waals surface area contributed by atoms with Crippen molar-refractivity contribution in [2.75, 3.05) is 39.8 Å². The highest BCUT2D eigenvalue weighted by atomic mass is 19.1. The Hall–Kier alpha value is -2.18. The van der Waals surface area contributed by atoms with Crippen LogP contribution in [-0.4, -0.2) is 60.0 Å². The number of carbonyl (C=O) groups excluding carboxylic acids is 1. The molecule has 5 nitrogen and oxygen atoms in total. The number of ketones is 1. The molecule has 1 saturated carbocycles. The van der Waals surface area contributed by atoms with Gasteiger partial charge in [0.05, 0.1) is 13.7 Å². The van der Waals surface area contributed by atoms with Gasteiger partial charge in [0.25, 0.3) is 0 Å². The van der Waals surface area contributed by atoms with E-state index in [2.05, 4.69) is 34.3 Å². The maximum atomic E-state index is 13.9. The number of aromatic nitrogens is 1. The highest BCUT2D eigenvalue weighted by molar-refractivity contribution is 5.99. The van der Waals surface area contributed by atoms with E-state index in [9.17, 15) is 9.18 Å². The van der Waals surface area contributed by atoms with Gasteiger partial charge < -0.3 is 9.30 Å². The zero-order valence-electron chi connectivity index (χ0n) is 17.6. The molecule has 0 amide bonds. The van der Waals surface area contributed by atoms with Crippen LogP contribution in [-0.2, 0) is 6.54 Å². The van der Waals surface area contributed by atoms with E-state index in [4.69, 9.17) is 4.74 Å². The van der Waals surface area contributed by atoms with Crippen LogP contribution in [0, 0.1) is 19.7 Å². The Labute approximate surface area is 172 Å². The molecule has 29 heavy (non-hydrogen) atoms. The van der Waals surface area contributed by atoms with Crippen molar-refractivity contribution in [3.05, 3.63) is 52.6 Å². The van der Waals surface area contributed by atoms with Gasteiger partial charge in [-0.3, -0.25) is 14.6 Å². The van der Waals surface area contributed by atoms with Crippen LogP contribution in [0.2, 0.25) is 0 Å². The fourth-order valence-corrected chi connectivity index (χ4v) is 4.41. The van der Waals surface area contributed by atoms with Crippen LogP contribution in [0.3, 0.4) is 0 Å². The first-order valence-corrected chi connectivity index (χ1v) is 10.4. The molecule has 2 heterocycles. The summed E-state index contributed by atoms with van der Waals surface area (Å²) in [6.45, 7) is 8.82. The number of carbonyl (C=O) groups is 1. The Morgan fingerprint density at radius 3 is 2.41 bits per heavy atom. The van der Waals surface area contributed by atoms with Crippen molar-refractivity contribution in [2.24, 2.45) is 0 Å². The largest absolute Gasteiger partial charge is 0.494 e. The van der Waals surface area contributed by atoms with Crippen molar-refractivity contribution in [3.8, 4) is 5.75 Å². The second-order valence-corrected chi connectivity index (χ2v) is 8.33. The van der Waals surface area contributed by atoms with E-state index >= 15 is 0 Å². The topological polar surface area (TPSA) is 37.7 Å². The highest BCUT2D eigenvalue weighted by Gasteiger charge is 2.29. The van der Waals surface area contributed by atoms with E-state index in [1.54, 1.807) is 12.1 Å². The van der Waals surface area contributed by atoms with Crippen molar-refractivity contribution in [1.29, 1.82) is 0 Å². The van der Waals surface area contributed by atoms with Gasteiger partial charge in [-0.1, -0.05) is 6.07 Å². The minimum absolute atomic E-state index is 0.218. The molecule has 0 bridgehead atoms. The Bertz CT molecular complexity index is 896. The minimum atomic E-state index is -0.321. The summed E-state index contributed by atoms with van der Waals surface area (Å²) >= 11 is 0. The third kappa shape index (κ3) is 4.38. The summed E-state index contributed by atoms with van der Waals surface area (Å²) in [5.41, 5.74) is 4.14. The van der Waals surface area contributed by atoms with Crippen molar-refractivity contribution in [2.45, 2.75) is 39.3 Å². The molecule has 0 radical (unpaired) electrons. The first kappa shape index (κ1) is 20.1. The molecule has 0 spiro atoms. The average Bonchev–Trinajstić information content (AvgIpc) is 3.48. The number of ether oxygens (including phenoxy) is 1. The molecular formula is C23H30FN3O2. The van der Waals surface area contributed by atoms with Gasteiger partial charge >= 0.3 is 0 Å². The first-order chi connectivity index (χ1) is 14.0. The molecule has 2 fully saturated rings. The number of Topliss-reactive ketones (excluding diaryl/α,β-unsaturated/α-hetero) is 1. The number of halogens is 1. The smallest absolute Gasteiger partial charge is 0.178 e. The molecule has 0 unspecified atom stereocenters. The maximum Gasteiger partial charge on any atom is 0.178 e. The molecule has 2 aromatic rings. The van der Waals surface area contributed by atoms with Crippen LogP contribution >= 0.6 is 0 Å². The summed E-state index contributed by atoms with van der Waals surface area (Å²) in [6, 6.07) is 7.79. The molecular weight excluding hydrogens is 369 g/mol. The van der Waals surface area contributed by atoms with Crippen molar-refractivity contribution < 1.29 is 13.9 Å². The van der Waals surface area contributed by atoms with Gasteiger partial charge in [0.2, 0.25) is 0 Å². The predicted molar refractivity (Wildman–Crippen MR) is 111 cm³/mol. The molecule has 1 aliphatic heterocycles. The molecule has 1 saturated heterocycles. The third-order valence-electron chi connectivity index (χ3n) is 6.15. The van der Waals surface area contributed by atoms with E-state index in [0.717, 1.165) is 43.0 Å². The normalized spacial score (nSPS) is 18.2. The van der Waals surface area contributed by atoms with E-state index in [-0.39, 0.29) is 17.3 Å². The average molecular weight is 400 g/mol. The Kier molecular flexibility index (Phi) is 5.74. The number of aryl methyl sites for hydroxylation is 1. The fourth-order valence-electron chi connectivity index (χ4n) is 4.41. The zero-order valence-corrected chi connectivity index (χ0v) is 17.6. The van der Waals surface area contributed by atoms with Crippen molar-refractivity contribution in [3.63, 3.8) is 0 Å². The second kappa shape index (κ2) is 8.28. The third-order valence-corrected chi connectivity index (χ3v) is 6.15. The number of methoxy groups -OCH3 is 1. The lowest BCUT2D eigenvalue weighted by Gasteiger charge is -2.34. The number of hydrogen-bond acceptors (Lipinski definition) is 4. The summed E-state index contributed by atoms with van der Waals surface area (Å²) in [6.07, 6.45) is 2.45. The lowest BCUT2D eigenvalue weighted by molar-refractivity contribution is 0.0843. The van der Waals surface area contributed by atoms with Crippen LogP contribution in [0.5, 0.6) is 5.75 Å². The van der Waals surface area contributed by atoms with Gasteiger partial charge in [0.15, 0.2) is 17.3 Å². The van der Waals surface area contributed by atoms with E-state index in [1.165, 1.54) is 25.6 Å². The van der Waals surface area contributed by atoms with Gasteiger partial charge in [-0.2, -0.15) is 0 Å². The highest BCUT2D eigenvalue weighted by Crippen LogP contribution is 2.38. The summed E-state index contributed by atoms with van der Waals surface area (Å²) in [5.74, 6) is 0.173. The number of benzene rings is 1. The molecule has 6 heteroatoms.